The van der Waals surface area contributed by atoms with Crippen molar-refractivity contribution in [2.24, 2.45) is 11.7 Å². The zero-order valence-corrected chi connectivity index (χ0v) is 14.8. The van der Waals surface area contributed by atoms with Crippen LogP contribution in [0.1, 0.15) is 29.9 Å². The number of amides is 1. The first-order valence-electron chi connectivity index (χ1n) is 7.16. The molecule has 0 spiro atoms. The number of hydrogen-bond acceptors (Lipinski definition) is 5. The second-order valence-electron chi connectivity index (χ2n) is 5.60. The Morgan fingerprint density at radius 2 is 2.04 bits per heavy atom. The summed E-state index contributed by atoms with van der Waals surface area (Å²) in [5, 5.41) is 0. The van der Waals surface area contributed by atoms with Crippen molar-refractivity contribution in [2.45, 2.75) is 20.8 Å². The predicted octanol–water partition coefficient (Wildman–Crippen LogP) is 2.93. The van der Waals surface area contributed by atoms with Crippen LogP contribution in [-0.4, -0.2) is 22.5 Å². The summed E-state index contributed by atoms with van der Waals surface area (Å²) in [7, 11) is 0. The number of ether oxygens (including phenoxy) is 1. The van der Waals surface area contributed by atoms with Crippen molar-refractivity contribution in [2.75, 3.05) is 12.3 Å². The molecule has 1 aromatic heterocycles. The molecule has 23 heavy (non-hydrogen) atoms. The van der Waals surface area contributed by atoms with Gasteiger partial charge >= 0.3 is 0 Å². The lowest BCUT2D eigenvalue weighted by Gasteiger charge is -2.16. The number of carbonyl (C=O) groups is 1. The van der Waals surface area contributed by atoms with Gasteiger partial charge < -0.3 is 16.2 Å². The number of hydrogen-bond donors (Lipinski definition) is 2. The number of nitrogen functional groups attached to an aromatic ring is 1. The topological polar surface area (TPSA) is 104 Å². The molecule has 0 aliphatic carbocycles. The van der Waals surface area contributed by atoms with Crippen molar-refractivity contribution in [1.82, 2.24) is 9.97 Å². The number of nitrogens with two attached hydrogens (primary N) is 2. The number of aryl methyl sites for hydroxylation is 1. The van der Waals surface area contributed by atoms with Crippen molar-refractivity contribution in [1.29, 1.82) is 0 Å². The number of primary amides is 1. The fourth-order valence-electron chi connectivity index (χ4n) is 2.15. The van der Waals surface area contributed by atoms with Gasteiger partial charge in [-0.3, -0.25) is 4.79 Å². The maximum absolute atomic E-state index is 11.8. The Morgan fingerprint density at radius 3 is 2.65 bits per heavy atom. The monoisotopic (exact) mass is 378 g/mol. The van der Waals surface area contributed by atoms with Crippen LogP contribution < -0.4 is 16.2 Å². The van der Waals surface area contributed by atoms with E-state index in [2.05, 4.69) is 39.7 Å². The van der Waals surface area contributed by atoms with Crippen LogP contribution in [0.5, 0.6) is 5.75 Å². The number of aromatic nitrogens is 2. The van der Waals surface area contributed by atoms with Gasteiger partial charge in [0.2, 0.25) is 5.95 Å². The van der Waals surface area contributed by atoms with Crippen LogP contribution in [-0.2, 0) is 0 Å². The van der Waals surface area contributed by atoms with Crippen LogP contribution >= 0.6 is 15.9 Å². The Morgan fingerprint density at radius 1 is 1.35 bits per heavy atom. The average Bonchev–Trinajstić information content (AvgIpc) is 2.44. The molecule has 1 amide bonds. The minimum Gasteiger partial charge on any atom is -0.493 e. The molecule has 0 bridgehead atoms. The molecule has 6 nitrogen and oxygen atoms in total. The van der Waals surface area contributed by atoms with E-state index >= 15 is 0 Å². The van der Waals surface area contributed by atoms with Crippen molar-refractivity contribution in [3.8, 4) is 17.0 Å². The molecule has 0 radical (unpaired) electrons. The highest BCUT2D eigenvalue weighted by Gasteiger charge is 2.20. The van der Waals surface area contributed by atoms with E-state index in [4.69, 9.17) is 16.2 Å². The summed E-state index contributed by atoms with van der Waals surface area (Å²) < 4.78 is 6.68. The normalized spacial score (nSPS) is 10.8. The van der Waals surface area contributed by atoms with Crippen molar-refractivity contribution < 1.29 is 9.53 Å². The highest BCUT2D eigenvalue weighted by atomic mass is 79.9. The van der Waals surface area contributed by atoms with Crippen LogP contribution in [0, 0.1) is 12.8 Å². The number of halogens is 1. The summed E-state index contributed by atoms with van der Waals surface area (Å²) >= 11 is 3.43. The van der Waals surface area contributed by atoms with Crippen molar-refractivity contribution in [3.05, 3.63) is 33.9 Å². The fraction of sp³-hybridized carbons (Fsp3) is 0.312. The lowest BCUT2D eigenvalue weighted by atomic mass is 10.0. The zero-order valence-electron chi connectivity index (χ0n) is 13.3. The van der Waals surface area contributed by atoms with E-state index in [0.717, 1.165) is 4.47 Å². The molecule has 0 saturated heterocycles. The molecule has 4 N–H and O–H groups in total. The highest BCUT2D eigenvalue weighted by Crippen LogP contribution is 2.35. The quantitative estimate of drug-likeness (QED) is 0.831. The summed E-state index contributed by atoms with van der Waals surface area (Å²) in [5.41, 5.74) is 13.0. The van der Waals surface area contributed by atoms with Gasteiger partial charge in [-0.05, 0) is 31.0 Å². The van der Waals surface area contributed by atoms with Crippen molar-refractivity contribution in [3.63, 3.8) is 0 Å². The molecular formula is C16H19BrN4O2. The predicted molar refractivity (Wildman–Crippen MR) is 93.2 cm³/mol. The van der Waals surface area contributed by atoms with Crippen LogP contribution in [0.25, 0.3) is 11.3 Å². The Bertz CT molecular complexity index is 747. The minimum atomic E-state index is -0.604. The molecule has 0 aliphatic rings. The van der Waals surface area contributed by atoms with Crippen LogP contribution in [0.2, 0.25) is 0 Å². The van der Waals surface area contributed by atoms with Gasteiger partial charge in [0.25, 0.3) is 5.91 Å². The number of rotatable bonds is 5. The summed E-state index contributed by atoms with van der Waals surface area (Å²) in [6, 6.07) is 5.50. The first kappa shape index (κ1) is 17.2. The summed E-state index contributed by atoms with van der Waals surface area (Å²) in [6.45, 7) is 6.33. The second-order valence-corrected chi connectivity index (χ2v) is 6.52. The Hall–Kier alpha value is -2.15. The fourth-order valence-corrected chi connectivity index (χ4v) is 2.52. The summed E-state index contributed by atoms with van der Waals surface area (Å²) in [5.74, 6) is 0.450. The molecule has 0 atom stereocenters. The summed E-state index contributed by atoms with van der Waals surface area (Å²) in [6.07, 6.45) is 0. The van der Waals surface area contributed by atoms with E-state index < -0.39 is 5.91 Å². The van der Waals surface area contributed by atoms with Gasteiger partial charge in [-0.2, -0.15) is 0 Å². The number of anilines is 1. The molecule has 2 rings (SSSR count). The number of nitrogens with zero attached hydrogens (tertiary/aromatic N) is 2. The van der Waals surface area contributed by atoms with Gasteiger partial charge in [0.05, 0.1) is 23.6 Å². The Labute approximate surface area is 143 Å². The molecule has 122 valence electrons. The third-order valence-corrected chi connectivity index (χ3v) is 3.62. The van der Waals surface area contributed by atoms with Gasteiger partial charge in [-0.1, -0.05) is 29.8 Å². The van der Waals surface area contributed by atoms with Crippen molar-refractivity contribution >= 4 is 27.8 Å². The molecule has 0 saturated carbocycles. The maximum Gasteiger partial charge on any atom is 0.252 e. The molecule has 2 aromatic rings. The molecule has 1 heterocycles. The first-order chi connectivity index (χ1) is 10.8. The van der Waals surface area contributed by atoms with E-state index in [1.807, 2.05) is 18.2 Å². The largest absolute Gasteiger partial charge is 0.493 e. The van der Waals surface area contributed by atoms with E-state index in [0.29, 0.717) is 35.2 Å². The van der Waals surface area contributed by atoms with Gasteiger partial charge in [-0.25, -0.2) is 9.97 Å². The van der Waals surface area contributed by atoms with E-state index in [9.17, 15) is 4.79 Å². The minimum absolute atomic E-state index is 0.0808. The molecule has 0 fully saturated rings. The molecule has 0 aliphatic heterocycles. The zero-order chi connectivity index (χ0) is 17.1. The first-order valence-corrected chi connectivity index (χ1v) is 7.95. The standard InChI is InChI=1S/C16H19BrN4O2/c1-8(2)7-23-12-5-4-10(17)6-11(12)14-13(15(18)22)9(3)20-16(19)21-14/h4-6,8H,7H2,1-3H3,(H2,18,22)(H2,19,20,21). The lowest BCUT2D eigenvalue weighted by Crippen LogP contribution is -2.17. The van der Waals surface area contributed by atoms with E-state index in [1.54, 1.807) is 6.92 Å². The number of carbonyl (C=O) groups excluding carboxylic acids is 1. The molecule has 1 aromatic carbocycles. The maximum atomic E-state index is 11.8. The van der Waals surface area contributed by atoms with Gasteiger partial charge in [0.15, 0.2) is 0 Å². The molecular weight excluding hydrogens is 360 g/mol. The second kappa shape index (κ2) is 6.95. The van der Waals surface area contributed by atoms with E-state index in [1.165, 1.54) is 0 Å². The van der Waals surface area contributed by atoms with Crippen LogP contribution in [0.3, 0.4) is 0 Å². The average molecular weight is 379 g/mol. The molecule has 0 unspecified atom stereocenters. The van der Waals surface area contributed by atoms with Gasteiger partial charge in [0, 0.05) is 10.0 Å². The third-order valence-electron chi connectivity index (χ3n) is 3.12. The smallest absolute Gasteiger partial charge is 0.252 e. The van der Waals surface area contributed by atoms with Crippen LogP contribution in [0.15, 0.2) is 22.7 Å². The Kier molecular flexibility index (Phi) is 5.20. The summed E-state index contributed by atoms with van der Waals surface area (Å²) in [4.78, 5) is 20.1. The number of benzene rings is 1. The van der Waals surface area contributed by atoms with Gasteiger partial charge in [0.1, 0.15) is 5.75 Å². The van der Waals surface area contributed by atoms with Crippen LogP contribution in [0.4, 0.5) is 5.95 Å². The Balaban J connectivity index is 2.65. The van der Waals surface area contributed by atoms with E-state index in [-0.39, 0.29) is 11.5 Å². The third kappa shape index (κ3) is 3.98. The van der Waals surface area contributed by atoms with Gasteiger partial charge in [-0.15, -0.1) is 0 Å². The SMILES string of the molecule is Cc1nc(N)nc(-c2cc(Br)ccc2OCC(C)C)c1C(N)=O. The highest BCUT2D eigenvalue weighted by molar-refractivity contribution is 9.10. The molecule has 7 heteroatoms. The lowest BCUT2D eigenvalue weighted by molar-refractivity contribution is 0.0999.